The fourth-order valence-corrected chi connectivity index (χ4v) is 3.90. The molecule has 7 nitrogen and oxygen atoms in total. The minimum Gasteiger partial charge on any atom is -0.489 e. The van der Waals surface area contributed by atoms with Crippen LogP contribution >= 0.6 is 0 Å². The highest BCUT2D eigenvalue weighted by Crippen LogP contribution is 2.27. The summed E-state index contributed by atoms with van der Waals surface area (Å²) in [6.07, 6.45) is 1.52. The van der Waals surface area contributed by atoms with E-state index in [1.54, 1.807) is 0 Å². The zero-order valence-corrected chi connectivity index (χ0v) is 19.8. The van der Waals surface area contributed by atoms with Crippen LogP contribution < -0.4 is 10.1 Å². The van der Waals surface area contributed by atoms with Gasteiger partial charge in [0.05, 0.1) is 12.6 Å². The van der Waals surface area contributed by atoms with Crippen LogP contribution in [0, 0.1) is 0 Å². The van der Waals surface area contributed by atoms with Crippen molar-refractivity contribution < 1.29 is 23.8 Å². The molecule has 1 heterocycles. The van der Waals surface area contributed by atoms with Gasteiger partial charge in [-0.25, -0.2) is 9.59 Å². The smallest absolute Gasteiger partial charge is 0.408 e. The summed E-state index contributed by atoms with van der Waals surface area (Å²) in [6.45, 7) is 0.587. The molecule has 4 rings (SSSR count). The number of nitrogens with one attached hydrogen (secondary N) is 1. The number of amides is 1. The Balaban J connectivity index is 1.45. The Morgan fingerprint density at radius 2 is 1.57 bits per heavy atom. The van der Waals surface area contributed by atoms with Crippen LogP contribution in [0.3, 0.4) is 0 Å². The number of carbonyl (C=O) groups excluding carboxylic acids is 2. The number of aromatic nitrogens is 1. The topological polar surface area (TPSA) is 78.8 Å². The molecule has 1 N–H and O–H groups in total. The van der Waals surface area contributed by atoms with E-state index in [1.165, 1.54) is 7.11 Å². The van der Waals surface area contributed by atoms with Gasteiger partial charge in [0.25, 0.3) is 0 Å². The van der Waals surface area contributed by atoms with Gasteiger partial charge in [0, 0.05) is 31.1 Å². The zero-order chi connectivity index (χ0) is 24.6. The number of nitrogens with zero attached hydrogens (tertiary/aromatic N) is 1. The number of esters is 1. The van der Waals surface area contributed by atoms with Gasteiger partial charge in [0.15, 0.2) is 0 Å². The number of methoxy groups -OCH3 is 1. The summed E-state index contributed by atoms with van der Waals surface area (Å²) in [5.41, 5.74) is 3.81. The molecule has 180 valence electrons. The van der Waals surface area contributed by atoms with Gasteiger partial charge in [-0.15, -0.1) is 0 Å². The molecule has 0 aliphatic carbocycles. The van der Waals surface area contributed by atoms with Crippen molar-refractivity contribution in [1.29, 1.82) is 0 Å². The van der Waals surface area contributed by atoms with E-state index in [-0.39, 0.29) is 13.0 Å². The first-order valence-corrected chi connectivity index (χ1v) is 11.3. The van der Waals surface area contributed by atoms with E-state index in [2.05, 4.69) is 5.32 Å². The second-order valence-electron chi connectivity index (χ2n) is 8.20. The van der Waals surface area contributed by atoms with Crippen molar-refractivity contribution in [2.45, 2.75) is 25.7 Å². The summed E-state index contributed by atoms with van der Waals surface area (Å²) in [6, 6.07) is 24.3. The Bertz CT molecular complexity index is 1280. The van der Waals surface area contributed by atoms with Crippen LogP contribution in [0.5, 0.6) is 5.75 Å². The predicted molar refractivity (Wildman–Crippen MR) is 133 cm³/mol. The third-order valence-corrected chi connectivity index (χ3v) is 5.71. The minimum absolute atomic E-state index is 0.112. The third-order valence-electron chi connectivity index (χ3n) is 5.71. The number of carbonyl (C=O) groups is 2. The van der Waals surface area contributed by atoms with Gasteiger partial charge in [0.1, 0.15) is 25.0 Å². The third kappa shape index (κ3) is 6.20. The van der Waals surface area contributed by atoms with Crippen molar-refractivity contribution in [3.8, 4) is 5.75 Å². The zero-order valence-electron chi connectivity index (χ0n) is 19.8. The molecule has 0 fully saturated rings. The Hall–Kier alpha value is -4.26. The summed E-state index contributed by atoms with van der Waals surface area (Å²) in [7, 11) is 3.23. The highest BCUT2D eigenvalue weighted by atomic mass is 16.6. The lowest BCUT2D eigenvalue weighted by atomic mass is 10.0. The number of ether oxygens (including phenoxy) is 3. The molecule has 0 bridgehead atoms. The Labute approximate surface area is 204 Å². The van der Waals surface area contributed by atoms with Gasteiger partial charge in [0.2, 0.25) is 0 Å². The Kier molecular flexibility index (Phi) is 7.67. The highest BCUT2D eigenvalue weighted by Gasteiger charge is 2.24. The molecule has 0 radical (unpaired) electrons. The van der Waals surface area contributed by atoms with E-state index in [0.29, 0.717) is 6.61 Å². The van der Waals surface area contributed by atoms with Crippen LogP contribution in [0.1, 0.15) is 16.7 Å². The molecule has 0 aliphatic rings. The SMILES string of the molecule is COC(=O)[C@H](Cc1cn(C)c2cc(OCc3ccccc3)ccc12)NC(=O)OCc1ccccc1. The number of hydrogen-bond acceptors (Lipinski definition) is 5. The standard InChI is InChI=1S/C28H28N2O5/c1-30-17-22(24-14-13-23(16-26(24)30)34-18-20-9-5-3-6-10-20)15-25(27(31)33-2)29-28(32)35-19-21-11-7-4-8-12-21/h3-14,16-17,25H,15,18-19H2,1-2H3,(H,29,32)/t25-/m0/s1. The van der Waals surface area contributed by atoms with Crippen LogP contribution in [0.25, 0.3) is 10.9 Å². The summed E-state index contributed by atoms with van der Waals surface area (Å²) in [5, 5.41) is 3.61. The van der Waals surface area contributed by atoms with Crippen LogP contribution in [-0.2, 0) is 41.0 Å². The highest BCUT2D eigenvalue weighted by molar-refractivity contribution is 5.87. The second kappa shape index (κ2) is 11.2. The van der Waals surface area contributed by atoms with Gasteiger partial charge in [-0.05, 0) is 28.8 Å². The van der Waals surface area contributed by atoms with Gasteiger partial charge in [-0.2, -0.15) is 0 Å². The number of benzene rings is 3. The summed E-state index contributed by atoms with van der Waals surface area (Å²) in [5.74, 6) is 0.211. The first-order valence-electron chi connectivity index (χ1n) is 11.3. The maximum atomic E-state index is 12.4. The van der Waals surface area contributed by atoms with Crippen molar-refractivity contribution in [3.05, 3.63) is 102 Å². The van der Waals surface area contributed by atoms with E-state index in [9.17, 15) is 9.59 Å². The lowest BCUT2D eigenvalue weighted by Gasteiger charge is -2.16. The lowest BCUT2D eigenvalue weighted by molar-refractivity contribution is -0.143. The molecule has 7 heteroatoms. The van der Waals surface area contributed by atoms with Gasteiger partial charge in [-0.1, -0.05) is 60.7 Å². The Morgan fingerprint density at radius 3 is 2.23 bits per heavy atom. The lowest BCUT2D eigenvalue weighted by Crippen LogP contribution is -2.43. The van der Waals surface area contributed by atoms with Crippen molar-refractivity contribution in [2.24, 2.45) is 7.05 Å². The molecule has 1 atom stereocenters. The molecule has 0 unspecified atom stereocenters. The van der Waals surface area contributed by atoms with Gasteiger partial charge in [-0.3, -0.25) is 0 Å². The van der Waals surface area contributed by atoms with E-state index in [4.69, 9.17) is 14.2 Å². The molecular formula is C28H28N2O5. The van der Waals surface area contributed by atoms with Crippen molar-refractivity contribution >= 4 is 23.0 Å². The fourth-order valence-electron chi connectivity index (χ4n) is 3.90. The number of rotatable bonds is 9. The second-order valence-corrected chi connectivity index (χ2v) is 8.20. The van der Waals surface area contributed by atoms with Crippen molar-refractivity contribution in [2.75, 3.05) is 7.11 Å². The number of alkyl carbamates (subject to hydrolysis) is 1. The quantitative estimate of drug-likeness (QED) is 0.355. The average Bonchev–Trinajstić information content (AvgIpc) is 3.21. The van der Waals surface area contributed by atoms with E-state index in [1.807, 2.05) is 96.7 Å². The summed E-state index contributed by atoms with van der Waals surface area (Å²) >= 11 is 0. The molecule has 0 saturated heterocycles. The minimum atomic E-state index is -0.886. The van der Waals surface area contributed by atoms with Crippen LogP contribution in [0.2, 0.25) is 0 Å². The van der Waals surface area contributed by atoms with Crippen molar-refractivity contribution in [1.82, 2.24) is 9.88 Å². The molecule has 0 aliphatic heterocycles. The first kappa shape index (κ1) is 23.9. The Morgan fingerprint density at radius 1 is 0.914 bits per heavy atom. The molecule has 4 aromatic rings. The van der Waals surface area contributed by atoms with Crippen molar-refractivity contribution in [3.63, 3.8) is 0 Å². The average molecular weight is 473 g/mol. The summed E-state index contributed by atoms with van der Waals surface area (Å²) < 4.78 is 18.1. The molecule has 0 saturated carbocycles. The largest absolute Gasteiger partial charge is 0.489 e. The molecule has 3 aromatic carbocycles. The van der Waals surface area contributed by atoms with Gasteiger partial charge < -0.3 is 24.1 Å². The van der Waals surface area contributed by atoms with E-state index in [0.717, 1.165) is 33.3 Å². The van der Waals surface area contributed by atoms with Crippen LogP contribution in [-0.4, -0.2) is 29.8 Å². The molecule has 0 spiro atoms. The molecule has 1 amide bonds. The maximum Gasteiger partial charge on any atom is 0.408 e. The number of fused-ring (bicyclic) bond motifs is 1. The van der Waals surface area contributed by atoms with Gasteiger partial charge >= 0.3 is 12.1 Å². The number of hydrogen-bond donors (Lipinski definition) is 1. The normalized spacial score (nSPS) is 11.6. The van der Waals surface area contributed by atoms with E-state index >= 15 is 0 Å². The monoisotopic (exact) mass is 472 g/mol. The van der Waals surface area contributed by atoms with Crippen LogP contribution in [0.15, 0.2) is 85.1 Å². The molecule has 1 aromatic heterocycles. The van der Waals surface area contributed by atoms with Crippen LogP contribution in [0.4, 0.5) is 4.79 Å². The fraction of sp³-hybridized carbons (Fsp3) is 0.214. The summed E-state index contributed by atoms with van der Waals surface area (Å²) in [4.78, 5) is 24.8. The number of aryl methyl sites for hydroxylation is 1. The predicted octanol–water partition coefficient (Wildman–Crippen LogP) is 4.77. The maximum absolute atomic E-state index is 12.4. The first-order chi connectivity index (χ1) is 17.0. The van der Waals surface area contributed by atoms with E-state index < -0.39 is 18.1 Å². The molecular weight excluding hydrogens is 444 g/mol. The molecule has 35 heavy (non-hydrogen) atoms.